The lowest BCUT2D eigenvalue weighted by Gasteiger charge is -2.22. The van der Waals surface area contributed by atoms with Crippen LogP contribution in [0.4, 0.5) is 4.39 Å². The van der Waals surface area contributed by atoms with E-state index in [2.05, 4.69) is 13.7 Å². The monoisotopic (exact) mass is 494 g/mol. The maximum absolute atomic E-state index is 13.8. The molecule has 1 N–H and O–H groups in total. The minimum Gasteiger partial charge on any atom is -0.321 e. The molecule has 5 aromatic rings. The topological polar surface area (TPSA) is 96.0 Å². The predicted molar refractivity (Wildman–Crippen MR) is 130 cm³/mol. The van der Waals surface area contributed by atoms with Crippen LogP contribution >= 0.6 is 11.7 Å². The minimum atomic E-state index is -4.09. The number of nitrogens with zero attached hydrogens (tertiary/aromatic N) is 3. The number of halogens is 1. The van der Waals surface area contributed by atoms with Crippen molar-refractivity contribution in [2.24, 2.45) is 0 Å². The van der Waals surface area contributed by atoms with Gasteiger partial charge in [-0.05, 0) is 53.8 Å². The number of sulfonamides is 1. The summed E-state index contributed by atoms with van der Waals surface area (Å²) in [7, 11) is -4.09. The Balaban J connectivity index is 1.62. The molecule has 0 fully saturated rings. The molecule has 5 rings (SSSR count). The Bertz CT molecular complexity index is 1680. The number of aryl methyl sites for hydroxylation is 1. The zero-order valence-corrected chi connectivity index (χ0v) is 19.7. The van der Waals surface area contributed by atoms with Gasteiger partial charge in [0.15, 0.2) is 0 Å². The van der Waals surface area contributed by atoms with Crippen LogP contribution in [0.3, 0.4) is 0 Å². The molecule has 0 aliphatic rings. The number of hydrogen-bond acceptors (Lipinski definition) is 6. The highest BCUT2D eigenvalue weighted by molar-refractivity contribution is 7.89. The summed E-state index contributed by atoms with van der Waals surface area (Å²) in [6.07, 6.45) is 0. The lowest BCUT2D eigenvalue weighted by Crippen LogP contribution is -2.32. The molecular weight excluding hydrogens is 475 g/mol. The number of para-hydroxylation sites is 1. The van der Waals surface area contributed by atoms with E-state index in [0.29, 0.717) is 22.2 Å². The van der Waals surface area contributed by atoms with E-state index in [9.17, 15) is 17.6 Å². The van der Waals surface area contributed by atoms with Crippen molar-refractivity contribution in [2.75, 3.05) is 0 Å². The van der Waals surface area contributed by atoms with Crippen LogP contribution in [-0.2, 0) is 23.1 Å². The smallest absolute Gasteiger partial charge is 0.252 e. The summed E-state index contributed by atoms with van der Waals surface area (Å²) in [6.45, 7) is 1.67. The van der Waals surface area contributed by atoms with Crippen LogP contribution in [0.25, 0.3) is 21.9 Å². The summed E-state index contributed by atoms with van der Waals surface area (Å²) in [6, 6.07) is 17.7. The van der Waals surface area contributed by atoms with Crippen LogP contribution in [-0.4, -0.2) is 26.5 Å². The number of nitrogens with one attached hydrogen (secondary N) is 1. The van der Waals surface area contributed by atoms with Crippen LogP contribution in [0.15, 0.2) is 76.4 Å². The predicted octanol–water partition coefficient (Wildman–Crippen LogP) is 4.37. The Morgan fingerprint density at radius 1 is 1.00 bits per heavy atom. The van der Waals surface area contributed by atoms with Gasteiger partial charge in [0, 0.05) is 18.7 Å². The molecule has 0 amide bonds. The molecular formula is C24H19FN4O3S2. The molecule has 0 atom stereocenters. The van der Waals surface area contributed by atoms with E-state index in [4.69, 9.17) is 0 Å². The number of aromatic nitrogens is 3. The van der Waals surface area contributed by atoms with Crippen molar-refractivity contribution in [1.82, 2.24) is 18.0 Å². The summed E-state index contributed by atoms with van der Waals surface area (Å²) in [4.78, 5) is 15.8. The molecule has 3 aromatic carbocycles. The average molecular weight is 495 g/mol. The van der Waals surface area contributed by atoms with Crippen LogP contribution in [0.2, 0.25) is 0 Å². The number of aromatic amines is 1. The van der Waals surface area contributed by atoms with Gasteiger partial charge in [0.2, 0.25) is 10.0 Å². The third-order valence-corrected chi connectivity index (χ3v) is 8.02. The molecule has 172 valence electrons. The fourth-order valence-corrected chi connectivity index (χ4v) is 6.04. The highest BCUT2D eigenvalue weighted by atomic mass is 32.2. The van der Waals surface area contributed by atoms with Crippen LogP contribution in [0, 0.1) is 12.7 Å². The number of H-pyrrole nitrogens is 1. The van der Waals surface area contributed by atoms with Crippen molar-refractivity contribution in [2.45, 2.75) is 24.9 Å². The highest BCUT2D eigenvalue weighted by Gasteiger charge is 2.29. The number of hydrogen-bond donors (Lipinski definition) is 1. The maximum atomic E-state index is 13.8. The summed E-state index contributed by atoms with van der Waals surface area (Å²) >= 11 is 0.930. The van der Waals surface area contributed by atoms with Crippen molar-refractivity contribution in [1.29, 1.82) is 0 Å². The molecule has 0 saturated heterocycles. The van der Waals surface area contributed by atoms with Gasteiger partial charge < -0.3 is 4.98 Å². The molecule has 0 aliphatic heterocycles. The molecule has 0 radical (unpaired) electrons. The van der Waals surface area contributed by atoms with Crippen LogP contribution < -0.4 is 5.56 Å². The van der Waals surface area contributed by atoms with Gasteiger partial charge >= 0.3 is 0 Å². The molecule has 0 spiro atoms. The van der Waals surface area contributed by atoms with E-state index in [1.54, 1.807) is 18.2 Å². The summed E-state index contributed by atoms with van der Waals surface area (Å²) in [5.74, 6) is -0.419. The highest BCUT2D eigenvalue weighted by Crippen LogP contribution is 2.27. The first-order chi connectivity index (χ1) is 16.3. The van der Waals surface area contributed by atoms with Crippen molar-refractivity contribution < 1.29 is 12.8 Å². The van der Waals surface area contributed by atoms with Gasteiger partial charge in [-0.2, -0.15) is 13.1 Å². The molecule has 0 unspecified atom stereocenters. The molecule has 7 nitrogen and oxygen atoms in total. The van der Waals surface area contributed by atoms with Gasteiger partial charge in [-0.25, -0.2) is 12.8 Å². The molecule has 0 aliphatic carbocycles. The van der Waals surface area contributed by atoms with E-state index in [1.807, 2.05) is 25.1 Å². The van der Waals surface area contributed by atoms with Gasteiger partial charge in [0.1, 0.15) is 21.7 Å². The summed E-state index contributed by atoms with van der Waals surface area (Å²) in [5.41, 5.74) is 2.90. The summed E-state index contributed by atoms with van der Waals surface area (Å²) < 4.78 is 50.6. The van der Waals surface area contributed by atoms with Crippen molar-refractivity contribution >= 4 is 43.7 Å². The second kappa shape index (κ2) is 8.71. The molecule has 34 heavy (non-hydrogen) atoms. The Kier molecular flexibility index (Phi) is 5.72. The van der Waals surface area contributed by atoms with Gasteiger partial charge in [0.25, 0.3) is 5.56 Å². The number of benzene rings is 3. The van der Waals surface area contributed by atoms with Crippen molar-refractivity contribution in [3.8, 4) is 0 Å². The largest absolute Gasteiger partial charge is 0.321 e. The summed E-state index contributed by atoms with van der Waals surface area (Å²) in [5, 5.41) is 0.805. The Morgan fingerprint density at radius 3 is 2.56 bits per heavy atom. The number of rotatable bonds is 6. The van der Waals surface area contributed by atoms with E-state index >= 15 is 0 Å². The zero-order chi connectivity index (χ0) is 23.9. The van der Waals surface area contributed by atoms with Crippen molar-refractivity contribution in [3.05, 3.63) is 99.6 Å². The Labute approximate surface area is 198 Å². The zero-order valence-electron chi connectivity index (χ0n) is 18.0. The lowest BCUT2D eigenvalue weighted by atomic mass is 10.1. The van der Waals surface area contributed by atoms with E-state index < -0.39 is 15.8 Å². The SMILES string of the molecule is Cc1cccc2cc(CN(Cc3ccc(F)cc3)S(=O)(=O)c3cccc4nsnc34)c(=O)[nH]c12. The van der Waals surface area contributed by atoms with E-state index in [-0.39, 0.29) is 29.1 Å². The molecule has 10 heteroatoms. The maximum Gasteiger partial charge on any atom is 0.252 e. The average Bonchev–Trinajstić information content (AvgIpc) is 3.30. The second-order valence-corrected chi connectivity index (χ2v) is 10.4. The van der Waals surface area contributed by atoms with Crippen LogP contribution in [0.1, 0.15) is 16.7 Å². The van der Waals surface area contributed by atoms with Gasteiger partial charge in [-0.15, -0.1) is 0 Å². The standard InChI is InChI=1S/C24H19FN4O3S2/c1-15-4-2-5-17-12-18(24(30)26-22(15)17)14-29(13-16-8-10-19(25)11-9-16)34(31,32)21-7-3-6-20-23(21)28-33-27-20/h2-12H,13-14H2,1H3,(H,26,30). The first-order valence-electron chi connectivity index (χ1n) is 10.4. The van der Waals surface area contributed by atoms with Gasteiger partial charge in [-0.3, -0.25) is 4.79 Å². The van der Waals surface area contributed by atoms with E-state index in [1.165, 1.54) is 34.6 Å². The third kappa shape index (κ3) is 4.11. The van der Waals surface area contributed by atoms with E-state index in [0.717, 1.165) is 22.7 Å². The fraction of sp³-hybridized carbons (Fsp3) is 0.125. The Morgan fingerprint density at radius 2 is 1.76 bits per heavy atom. The minimum absolute atomic E-state index is 0.00826. The second-order valence-electron chi connectivity index (χ2n) is 7.95. The van der Waals surface area contributed by atoms with Crippen molar-refractivity contribution in [3.63, 3.8) is 0 Å². The van der Waals surface area contributed by atoms with Crippen LogP contribution in [0.5, 0.6) is 0 Å². The molecule has 0 saturated carbocycles. The molecule has 2 heterocycles. The lowest BCUT2D eigenvalue weighted by molar-refractivity contribution is 0.400. The number of pyridine rings is 1. The normalized spacial score (nSPS) is 12.1. The van der Waals surface area contributed by atoms with Gasteiger partial charge in [0.05, 0.1) is 17.2 Å². The first kappa shape index (κ1) is 22.3. The Hall–Kier alpha value is -3.47. The molecule has 0 bridgehead atoms. The quantitative estimate of drug-likeness (QED) is 0.378. The first-order valence-corrected chi connectivity index (χ1v) is 12.6. The third-order valence-electron chi connectivity index (χ3n) is 5.65. The number of fused-ring (bicyclic) bond motifs is 2. The molecule has 2 aromatic heterocycles. The van der Waals surface area contributed by atoms with Gasteiger partial charge in [-0.1, -0.05) is 36.4 Å². The fourth-order valence-electron chi connectivity index (χ4n) is 3.88.